The summed E-state index contributed by atoms with van der Waals surface area (Å²) in [5, 5.41) is 16.2. The third kappa shape index (κ3) is 5.37. The van der Waals surface area contributed by atoms with Crippen LogP contribution in [0.5, 0.6) is 0 Å². The van der Waals surface area contributed by atoms with Gasteiger partial charge in [0.05, 0.1) is 12.0 Å². The summed E-state index contributed by atoms with van der Waals surface area (Å²) < 4.78 is 0. The summed E-state index contributed by atoms with van der Waals surface area (Å²) in [6, 6.07) is 9.84. The van der Waals surface area contributed by atoms with E-state index in [-0.39, 0.29) is 47.3 Å². The highest BCUT2D eigenvalue weighted by molar-refractivity contribution is 6.05. The second-order valence-corrected chi connectivity index (χ2v) is 13.3. The van der Waals surface area contributed by atoms with E-state index in [1.807, 2.05) is 45.0 Å². The molecule has 6 atom stereocenters. The van der Waals surface area contributed by atoms with Crippen molar-refractivity contribution < 1.29 is 19.2 Å². The second-order valence-electron chi connectivity index (χ2n) is 13.3. The highest BCUT2D eigenvalue weighted by Crippen LogP contribution is 2.65. The van der Waals surface area contributed by atoms with Crippen molar-refractivity contribution in [2.45, 2.75) is 59.5 Å². The fourth-order valence-electron chi connectivity index (χ4n) is 6.61. The first-order valence-electron chi connectivity index (χ1n) is 14.3. The number of benzene rings is 1. The van der Waals surface area contributed by atoms with Gasteiger partial charge >= 0.3 is 0 Å². The molecule has 216 valence electrons. The van der Waals surface area contributed by atoms with Gasteiger partial charge in [-0.25, -0.2) is 4.99 Å². The minimum atomic E-state index is -0.830. The number of carbonyl (C=O) groups is 4. The monoisotopic (exact) mass is 558 g/mol. The molecule has 2 aromatic rings. The van der Waals surface area contributed by atoms with Crippen molar-refractivity contribution in [2.75, 3.05) is 13.1 Å². The van der Waals surface area contributed by atoms with Gasteiger partial charge in [0.2, 0.25) is 17.7 Å². The molecule has 0 radical (unpaired) electrons. The summed E-state index contributed by atoms with van der Waals surface area (Å²) in [4.78, 5) is 61.6. The predicted octanol–water partition coefficient (Wildman–Crippen LogP) is 3.06. The molecule has 2 unspecified atom stereocenters. The van der Waals surface area contributed by atoms with Crippen molar-refractivity contribution >= 4 is 40.7 Å². The molecule has 2 saturated heterocycles. The van der Waals surface area contributed by atoms with Crippen LogP contribution in [-0.2, 0) is 14.4 Å². The molecule has 10 nitrogen and oxygen atoms in total. The van der Waals surface area contributed by atoms with E-state index in [0.717, 1.165) is 10.9 Å². The Balaban J connectivity index is 1.35. The van der Waals surface area contributed by atoms with E-state index in [1.54, 1.807) is 11.0 Å². The third-order valence-corrected chi connectivity index (χ3v) is 9.22. The molecule has 1 aromatic heterocycles. The number of aliphatic imine (C=N–C) groups is 1. The average Bonchev–Trinajstić information content (AvgIpc) is 3.42. The van der Waals surface area contributed by atoms with E-state index in [2.05, 4.69) is 40.5 Å². The maximum absolute atomic E-state index is 14.1. The number of amides is 4. The molecule has 4 amide bonds. The van der Waals surface area contributed by atoms with Crippen LogP contribution >= 0.6 is 0 Å². The SMILES string of the molecule is CC(C)(C)C(/C=N/C(=O)c1cc2ccccc2[nH]1)C(=O)N1C[C@H]2C([C@H]1C(=O)N[C@H](C#N)C[C@@H]1CCNC1=O)C2(C)C. The lowest BCUT2D eigenvalue weighted by Crippen LogP contribution is -2.54. The van der Waals surface area contributed by atoms with Crippen LogP contribution in [0.3, 0.4) is 0 Å². The number of piperidine rings is 1. The largest absolute Gasteiger partial charge is 0.356 e. The smallest absolute Gasteiger partial charge is 0.293 e. The van der Waals surface area contributed by atoms with Crippen molar-refractivity contribution in [3.63, 3.8) is 0 Å². The zero-order valence-electron chi connectivity index (χ0n) is 24.2. The third-order valence-electron chi connectivity index (χ3n) is 9.22. The van der Waals surface area contributed by atoms with Crippen LogP contribution in [0, 0.1) is 45.8 Å². The van der Waals surface area contributed by atoms with Crippen molar-refractivity contribution in [1.82, 2.24) is 20.5 Å². The number of aromatic nitrogens is 1. The summed E-state index contributed by atoms with van der Waals surface area (Å²) in [7, 11) is 0. The molecule has 3 aliphatic rings. The van der Waals surface area contributed by atoms with Crippen molar-refractivity contribution in [1.29, 1.82) is 5.26 Å². The van der Waals surface area contributed by atoms with E-state index >= 15 is 0 Å². The fraction of sp³-hybridized carbons (Fsp3) is 0.548. The standard InChI is InChI=1S/C31H38N6O4/c1-30(2,3)20(15-34-27(39)23-13-17-8-6-7-9-22(17)36-23)29(41)37-16-21-24(31(21,4)5)25(37)28(40)35-19(14-32)12-18-10-11-33-26(18)38/h6-9,13,15,18-21,24-25,36H,10-12,16H2,1-5H3,(H,33,38)(H,35,40)/b34-15+/t18-,19-,20?,21-,24?,25-/m0/s1. The van der Waals surface area contributed by atoms with E-state index in [0.29, 0.717) is 25.2 Å². The lowest BCUT2D eigenvalue weighted by atomic mass is 9.80. The first kappa shape index (κ1) is 28.5. The van der Waals surface area contributed by atoms with Gasteiger partial charge in [-0.2, -0.15) is 5.26 Å². The Morgan fingerprint density at radius 3 is 2.63 bits per heavy atom. The molecule has 5 rings (SSSR count). The molecule has 10 heteroatoms. The summed E-state index contributed by atoms with van der Waals surface area (Å²) in [5.41, 5.74) is 0.479. The number of hydrogen-bond acceptors (Lipinski definition) is 5. The molecule has 0 spiro atoms. The van der Waals surface area contributed by atoms with Crippen LogP contribution in [0.25, 0.3) is 10.9 Å². The molecule has 3 N–H and O–H groups in total. The molecule has 41 heavy (non-hydrogen) atoms. The highest BCUT2D eigenvalue weighted by atomic mass is 16.2. The van der Waals surface area contributed by atoms with E-state index < -0.39 is 29.3 Å². The number of nitrogens with one attached hydrogen (secondary N) is 3. The van der Waals surface area contributed by atoms with E-state index in [9.17, 15) is 24.4 Å². The van der Waals surface area contributed by atoms with Gasteiger partial charge in [-0.05, 0) is 47.6 Å². The van der Waals surface area contributed by atoms with Crippen LogP contribution in [0.15, 0.2) is 35.3 Å². The number of nitrogens with zero attached hydrogens (tertiary/aromatic N) is 3. The van der Waals surface area contributed by atoms with Gasteiger partial charge in [0.1, 0.15) is 17.8 Å². The van der Waals surface area contributed by atoms with Crippen molar-refractivity contribution in [3.05, 3.63) is 36.0 Å². The molecular formula is C31H38N6O4. The van der Waals surface area contributed by atoms with Gasteiger partial charge in [0, 0.05) is 36.1 Å². The molecule has 1 aliphatic carbocycles. The summed E-state index contributed by atoms with van der Waals surface area (Å²) in [6.45, 7) is 10.9. The number of fused-ring (bicyclic) bond motifs is 2. The number of rotatable bonds is 7. The van der Waals surface area contributed by atoms with Gasteiger partial charge in [0.25, 0.3) is 5.91 Å². The Bertz CT molecular complexity index is 1430. The second kappa shape index (κ2) is 10.4. The molecule has 3 fully saturated rings. The average molecular weight is 559 g/mol. The maximum atomic E-state index is 14.1. The van der Waals surface area contributed by atoms with Gasteiger partial charge in [-0.15, -0.1) is 0 Å². The number of para-hydroxylation sites is 1. The summed E-state index contributed by atoms with van der Waals surface area (Å²) in [6.07, 6.45) is 2.28. The van der Waals surface area contributed by atoms with Gasteiger partial charge in [0.15, 0.2) is 0 Å². The summed E-state index contributed by atoms with van der Waals surface area (Å²) in [5.74, 6) is -2.16. The number of carbonyl (C=O) groups excluding carboxylic acids is 4. The number of likely N-dealkylation sites (tertiary alicyclic amines) is 1. The Hall–Kier alpha value is -4.00. The van der Waals surface area contributed by atoms with Crippen molar-refractivity contribution in [3.8, 4) is 6.07 Å². The Morgan fingerprint density at radius 1 is 1.27 bits per heavy atom. The first-order chi connectivity index (χ1) is 19.3. The van der Waals surface area contributed by atoms with Crippen LogP contribution in [-0.4, -0.2) is 64.9 Å². The molecular weight excluding hydrogens is 520 g/mol. The molecule has 0 bridgehead atoms. The van der Waals surface area contributed by atoms with Crippen LogP contribution in [0.1, 0.15) is 57.9 Å². The molecule has 1 saturated carbocycles. The number of hydrogen-bond donors (Lipinski definition) is 3. The number of nitriles is 1. The minimum absolute atomic E-state index is 0.0360. The van der Waals surface area contributed by atoms with Crippen molar-refractivity contribution in [2.24, 2.45) is 39.5 Å². The van der Waals surface area contributed by atoms with Crippen LogP contribution in [0.4, 0.5) is 0 Å². The normalized spacial score (nSPS) is 26.3. The highest BCUT2D eigenvalue weighted by Gasteiger charge is 2.69. The quantitative estimate of drug-likeness (QED) is 0.447. The zero-order valence-corrected chi connectivity index (χ0v) is 24.2. The minimum Gasteiger partial charge on any atom is -0.356 e. The lowest BCUT2D eigenvalue weighted by Gasteiger charge is -2.36. The van der Waals surface area contributed by atoms with Gasteiger partial charge in [-0.3, -0.25) is 19.2 Å². The number of H-pyrrole nitrogens is 1. The Labute approximate surface area is 239 Å². The molecule has 1 aromatic carbocycles. The first-order valence-corrected chi connectivity index (χ1v) is 14.3. The Kier molecular flexibility index (Phi) is 7.26. The van der Waals surface area contributed by atoms with E-state index in [4.69, 9.17) is 0 Å². The maximum Gasteiger partial charge on any atom is 0.293 e. The topological polar surface area (TPSA) is 148 Å². The summed E-state index contributed by atoms with van der Waals surface area (Å²) >= 11 is 0. The Morgan fingerprint density at radius 2 is 2.00 bits per heavy atom. The predicted molar refractivity (Wildman–Crippen MR) is 154 cm³/mol. The molecule has 2 aliphatic heterocycles. The number of aromatic amines is 1. The fourth-order valence-corrected chi connectivity index (χ4v) is 6.61. The van der Waals surface area contributed by atoms with Crippen LogP contribution < -0.4 is 10.6 Å². The van der Waals surface area contributed by atoms with E-state index in [1.165, 1.54) is 6.21 Å². The lowest BCUT2D eigenvalue weighted by molar-refractivity contribution is -0.144. The zero-order chi connectivity index (χ0) is 29.7. The van der Waals surface area contributed by atoms with Gasteiger partial charge < -0.3 is 20.5 Å². The van der Waals surface area contributed by atoms with Gasteiger partial charge in [-0.1, -0.05) is 52.8 Å². The van der Waals surface area contributed by atoms with Crippen LogP contribution in [0.2, 0.25) is 0 Å². The molecule has 3 heterocycles.